The topological polar surface area (TPSA) is 62.5 Å². The first-order chi connectivity index (χ1) is 10.7. The molecule has 1 aliphatic heterocycles. The number of hydrogen-bond acceptors (Lipinski definition) is 4. The molecular weight excluding hydrogens is 278 g/mol. The van der Waals surface area contributed by atoms with Crippen molar-refractivity contribution in [3.8, 4) is 0 Å². The molecule has 22 heavy (non-hydrogen) atoms. The van der Waals surface area contributed by atoms with Crippen LogP contribution in [0.2, 0.25) is 0 Å². The van der Waals surface area contributed by atoms with Crippen molar-refractivity contribution in [3.05, 3.63) is 29.7 Å². The molecule has 1 N–H and O–H groups in total. The van der Waals surface area contributed by atoms with Crippen molar-refractivity contribution in [2.75, 3.05) is 19.6 Å². The summed E-state index contributed by atoms with van der Waals surface area (Å²) in [7, 11) is 0. The molecule has 0 bridgehead atoms. The molecule has 1 saturated heterocycles. The molecule has 1 fully saturated rings. The van der Waals surface area contributed by atoms with E-state index < -0.39 is 0 Å². The molecule has 6 heteroatoms. The zero-order valence-electron chi connectivity index (χ0n) is 13.2. The average Bonchev–Trinajstić information content (AvgIpc) is 3.17. The monoisotopic (exact) mass is 301 g/mol. The Hall–Kier alpha value is -1.95. The van der Waals surface area contributed by atoms with Crippen LogP contribution in [0.1, 0.15) is 42.9 Å². The molecule has 0 saturated carbocycles. The van der Waals surface area contributed by atoms with E-state index >= 15 is 0 Å². The summed E-state index contributed by atoms with van der Waals surface area (Å²) in [6, 6.07) is 4.12. The van der Waals surface area contributed by atoms with Gasteiger partial charge in [0.2, 0.25) is 0 Å². The zero-order chi connectivity index (χ0) is 15.5. The number of aryl methyl sites for hydroxylation is 1. The van der Waals surface area contributed by atoms with E-state index in [9.17, 15) is 4.79 Å². The highest BCUT2D eigenvalue weighted by Crippen LogP contribution is 2.16. The van der Waals surface area contributed by atoms with Crippen LogP contribution in [0.5, 0.6) is 0 Å². The number of likely N-dealkylation sites (N-methyl/N-ethyl adjacent to an activating group) is 1. The average molecular weight is 301 g/mol. The lowest BCUT2D eigenvalue weighted by molar-refractivity contribution is 0.0941. The van der Waals surface area contributed by atoms with Crippen LogP contribution in [0.25, 0.3) is 5.65 Å². The van der Waals surface area contributed by atoms with Crippen LogP contribution >= 0.6 is 0 Å². The van der Waals surface area contributed by atoms with Crippen LogP contribution in [0.4, 0.5) is 0 Å². The lowest BCUT2D eigenvalue weighted by Crippen LogP contribution is -2.40. The van der Waals surface area contributed by atoms with Gasteiger partial charge < -0.3 is 5.32 Å². The van der Waals surface area contributed by atoms with Crippen molar-refractivity contribution in [2.24, 2.45) is 0 Å². The fourth-order valence-electron chi connectivity index (χ4n) is 3.17. The molecule has 3 rings (SSSR count). The van der Waals surface area contributed by atoms with E-state index in [1.54, 1.807) is 0 Å². The van der Waals surface area contributed by atoms with Crippen LogP contribution in [-0.4, -0.2) is 51.1 Å². The number of carbonyl (C=O) groups is 1. The number of carbonyl (C=O) groups excluding carboxylic acids is 1. The Labute approximate surface area is 130 Å². The van der Waals surface area contributed by atoms with E-state index in [-0.39, 0.29) is 5.91 Å². The van der Waals surface area contributed by atoms with E-state index in [1.165, 1.54) is 12.8 Å². The molecule has 0 radical (unpaired) electrons. The normalized spacial score (nSPS) is 18.9. The maximum absolute atomic E-state index is 12.4. The summed E-state index contributed by atoms with van der Waals surface area (Å²) in [5.74, 6) is 0.846. The van der Waals surface area contributed by atoms with E-state index in [0.29, 0.717) is 18.2 Å². The van der Waals surface area contributed by atoms with Gasteiger partial charge in [0.25, 0.3) is 5.91 Å². The largest absolute Gasteiger partial charge is 0.350 e. The lowest BCUT2D eigenvalue weighted by atomic mass is 10.2. The van der Waals surface area contributed by atoms with Gasteiger partial charge in [0.05, 0.1) is 5.56 Å². The quantitative estimate of drug-likeness (QED) is 0.909. The first-order valence-corrected chi connectivity index (χ1v) is 8.08. The standard InChI is InChI=1S/C16H23N5O/c1-3-14-18-19-15-8-7-12(11-21(14)15)16(22)17-10-13-6-5-9-20(13)4-2/h7-8,11,13H,3-6,9-10H2,1-2H3,(H,17,22). The van der Waals surface area contributed by atoms with Crippen LogP contribution in [-0.2, 0) is 6.42 Å². The van der Waals surface area contributed by atoms with Crippen molar-refractivity contribution in [1.29, 1.82) is 0 Å². The second-order valence-corrected chi connectivity index (χ2v) is 5.75. The van der Waals surface area contributed by atoms with Gasteiger partial charge in [-0.3, -0.25) is 14.1 Å². The first kappa shape index (κ1) is 15.0. The lowest BCUT2D eigenvalue weighted by Gasteiger charge is -2.22. The molecule has 0 aromatic carbocycles. The fraction of sp³-hybridized carbons (Fsp3) is 0.562. The van der Waals surface area contributed by atoms with Crippen LogP contribution < -0.4 is 5.32 Å². The summed E-state index contributed by atoms with van der Waals surface area (Å²) in [5.41, 5.74) is 1.43. The highest BCUT2D eigenvalue weighted by Gasteiger charge is 2.23. The second-order valence-electron chi connectivity index (χ2n) is 5.75. The van der Waals surface area contributed by atoms with Crippen molar-refractivity contribution in [3.63, 3.8) is 0 Å². The van der Waals surface area contributed by atoms with Gasteiger partial charge in [0.15, 0.2) is 5.65 Å². The number of aromatic nitrogens is 3. The van der Waals surface area contributed by atoms with E-state index in [0.717, 1.165) is 31.0 Å². The summed E-state index contributed by atoms with van der Waals surface area (Å²) in [6.07, 6.45) is 5.01. The Bertz CT molecular complexity index is 666. The predicted octanol–water partition coefficient (Wildman–Crippen LogP) is 1.51. The van der Waals surface area contributed by atoms with Gasteiger partial charge in [-0.2, -0.15) is 0 Å². The highest BCUT2D eigenvalue weighted by atomic mass is 16.1. The SMILES string of the molecule is CCc1nnc2ccc(C(=O)NCC3CCCN3CC)cn12. The molecule has 6 nitrogen and oxygen atoms in total. The van der Waals surface area contributed by atoms with Crippen LogP contribution in [0, 0.1) is 0 Å². The van der Waals surface area contributed by atoms with Gasteiger partial charge in [0.1, 0.15) is 5.82 Å². The highest BCUT2D eigenvalue weighted by molar-refractivity contribution is 5.94. The number of likely N-dealkylation sites (tertiary alicyclic amines) is 1. The van der Waals surface area contributed by atoms with Crippen LogP contribution in [0.3, 0.4) is 0 Å². The number of nitrogens with zero attached hydrogens (tertiary/aromatic N) is 4. The second kappa shape index (κ2) is 6.44. The number of hydrogen-bond donors (Lipinski definition) is 1. The minimum absolute atomic E-state index is 0.0272. The molecular formula is C16H23N5O. The van der Waals surface area contributed by atoms with Gasteiger partial charge in [0, 0.05) is 25.2 Å². The van der Waals surface area contributed by atoms with Crippen LogP contribution in [0.15, 0.2) is 18.3 Å². The molecule has 1 unspecified atom stereocenters. The van der Waals surface area contributed by atoms with Crippen molar-refractivity contribution < 1.29 is 4.79 Å². The van der Waals surface area contributed by atoms with Crippen molar-refractivity contribution in [2.45, 2.75) is 39.2 Å². The Morgan fingerprint density at radius 3 is 3.00 bits per heavy atom. The van der Waals surface area contributed by atoms with Gasteiger partial charge >= 0.3 is 0 Å². The van der Waals surface area contributed by atoms with E-state index in [1.807, 2.05) is 29.7 Å². The maximum atomic E-state index is 12.4. The first-order valence-electron chi connectivity index (χ1n) is 8.08. The summed E-state index contributed by atoms with van der Waals surface area (Å²) in [4.78, 5) is 14.8. The number of pyridine rings is 1. The third-order valence-electron chi connectivity index (χ3n) is 4.45. The van der Waals surface area contributed by atoms with Gasteiger partial charge in [-0.25, -0.2) is 0 Å². The molecule has 0 aliphatic carbocycles. The van der Waals surface area contributed by atoms with Gasteiger partial charge in [-0.15, -0.1) is 10.2 Å². The van der Waals surface area contributed by atoms with Crippen molar-refractivity contribution >= 4 is 11.6 Å². The number of fused-ring (bicyclic) bond motifs is 1. The van der Waals surface area contributed by atoms with E-state index in [4.69, 9.17) is 0 Å². The van der Waals surface area contributed by atoms with Crippen molar-refractivity contribution in [1.82, 2.24) is 24.8 Å². The molecule has 2 aromatic rings. The molecule has 1 amide bonds. The van der Waals surface area contributed by atoms with Gasteiger partial charge in [-0.1, -0.05) is 13.8 Å². The Morgan fingerprint density at radius 1 is 1.36 bits per heavy atom. The number of amides is 1. The minimum atomic E-state index is -0.0272. The van der Waals surface area contributed by atoms with Gasteiger partial charge in [-0.05, 0) is 38.1 Å². The summed E-state index contributed by atoms with van der Waals surface area (Å²) in [5, 5.41) is 11.3. The smallest absolute Gasteiger partial charge is 0.252 e. The van der Waals surface area contributed by atoms with E-state index in [2.05, 4.69) is 27.3 Å². The minimum Gasteiger partial charge on any atom is -0.350 e. The third kappa shape index (κ3) is 2.83. The molecule has 1 aliphatic rings. The Kier molecular flexibility index (Phi) is 4.38. The Balaban J connectivity index is 1.69. The zero-order valence-corrected chi connectivity index (χ0v) is 13.2. The number of rotatable bonds is 5. The molecule has 0 spiro atoms. The molecule has 2 aromatic heterocycles. The molecule has 1 atom stereocenters. The molecule has 118 valence electrons. The Morgan fingerprint density at radius 2 is 2.23 bits per heavy atom. The third-order valence-corrected chi connectivity index (χ3v) is 4.45. The number of nitrogens with one attached hydrogen (secondary N) is 1. The summed E-state index contributed by atoms with van der Waals surface area (Å²) >= 11 is 0. The predicted molar refractivity (Wildman–Crippen MR) is 85.0 cm³/mol. The molecule has 3 heterocycles. The maximum Gasteiger partial charge on any atom is 0.252 e. The summed E-state index contributed by atoms with van der Waals surface area (Å²) < 4.78 is 1.89. The fourth-order valence-corrected chi connectivity index (χ4v) is 3.17. The summed E-state index contributed by atoms with van der Waals surface area (Å²) in [6.45, 7) is 7.11.